The molecule has 0 saturated carbocycles. The molecule has 0 spiro atoms. The lowest BCUT2D eigenvalue weighted by atomic mass is 9.75. The molecule has 0 aromatic heterocycles. The van der Waals surface area contributed by atoms with Gasteiger partial charge in [0.1, 0.15) is 0 Å². The molecule has 0 heterocycles. The highest BCUT2D eigenvalue weighted by molar-refractivity contribution is 5.95. The third-order valence-electron chi connectivity index (χ3n) is 3.31. The first-order chi connectivity index (χ1) is 9.40. The van der Waals surface area contributed by atoms with Crippen molar-refractivity contribution in [2.24, 2.45) is 11.3 Å². The van der Waals surface area contributed by atoms with Crippen LogP contribution in [0.5, 0.6) is 0 Å². The summed E-state index contributed by atoms with van der Waals surface area (Å²) in [4.78, 5) is 24.1. The second-order valence-electron chi connectivity index (χ2n) is 5.46. The molecule has 20 heavy (non-hydrogen) atoms. The first-order valence-corrected chi connectivity index (χ1v) is 7.34. The van der Waals surface area contributed by atoms with Crippen molar-refractivity contribution in [2.45, 2.75) is 53.4 Å². The fourth-order valence-corrected chi connectivity index (χ4v) is 2.20. The summed E-state index contributed by atoms with van der Waals surface area (Å²) >= 11 is 0. The Hall–Kier alpha value is -1.10. The van der Waals surface area contributed by atoms with Crippen LogP contribution in [0.15, 0.2) is 0 Å². The predicted molar refractivity (Wildman–Crippen MR) is 76.1 cm³/mol. The molecule has 0 aliphatic carbocycles. The van der Waals surface area contributed by atoms with E-state index in [9.17, 15) is 9.59 Å². The van der Waals surface area contributed by atoms with Crippen molar-refractivity contribution in [2.75, 3.05) is 19.8 Å². The molecule has 0 radical (unpaired) electrons. The minimum Gasteiger partial charge on any atom is -0.465 e. The lowest BCUT2D eigenvalue weighted by molar-refractivity contribution is -0.167. The van der Waals surface area contributed by atoms with Crippen LogP contribution in [0.1, 0.15) is 53.4 Å². The Kier molecular flexibility index (Phi) is 9.21. The molecular weight excluding hydrogens is 260 g/mol. The highest BCUT2D eigenvalue weighted by Crippen LogP contribution is 2.34. The van der Waals surface area contributed by atoms with Crippen LogP contribution in [-0.4, -0.2) is 36.9 Å². The van der Waals surface area contributed by atoms with Crippen molar-refractivity contribution in [1.29, 1.82) is 0 Å². The van der Waals surface area contributed by atoms with E-state index < -0.39 is 23.3 Å². The van der Waals surface area contributed by atoms with Crippen LogP contribution in [0, 0.1) is 11.3 Å². The Bertz CT molecular complexity index is 281. The summed E-state index contributed by atoms with van der Waals surface area (Å²) in [6.07, 6.45) is 3.16. The van der Waals surface area contributed by atoms with E-state index in [1.54, 1.807) is 13.8 Å². The fourth-order valence-electron chi connectivity index (χ4n) is 2.20. The predicted octanol–water partition coefficient (Wildman–Crippen LogP) is 2.31. The molecule has 1 N–H and O–H groups in total. The van der Waals surface area contributed by atoms with Crippen molar-refractivity contribution < 1.29 is 24.2 Å². The highest BCUT2D eigenvalue weighted by atomic mass is 16.6. The zero-order valence-electron chi connectivity index (χ0n) is 13.1. The third kappa shape index (κ3) is 6.37. The summed E-state index contributed by atoms with van der Waals surface area (Å²) in [5, 5.41) is 8.77. The maximum Gasteiger partial charge on any atom is 0.320 e. The smallest absolute Gasteiger partial charge is 0.320 e. The SMILES string of the molecule is CCOC(=O)C(C(=O)OCC)C(C)(C)CCCCCO. The Labute approximate surface area is 121 Å². The first-order valence-electron chi connectivity index (χ1n) is 7.34. The lowest BCUT2D eigenvalue weighted by Gasteiger charge is -2.31. The van der Waals surface area contributed by atoms with Gasteiger partial charge in [-0.3, -0.25) is 9.59 Å². The number of esters is 2. The molecule has 0 aromatic rings. The molecule has 0 bridgehead atoms. The second-order valence-corrected chi connectivity index (χ2v) is 5.46. The van der Waals surface area contributed by atoms with Gasteiger partial charge in [0, 0.05) is 6.61 Å². The van der Waals surface area contributed by atoms with Gasteiger partial charge in [0.15, 0.2) is 5.92 Å². The van der Waals surface area contributed by atoms with Crippen LogP contribution >= 0.6 is 0 Å². The molecule has 5 heteroatoms. The fraction of sp³-hybridized carbons (Fsp3) is 0.867. The first kappa shape index (κ1) is 18.9. The van der Waals surface area contributed by atoms with Crippen molar-refractivity contribution >= 4 is 11.9 Å². The molecule has 0 saturated heterocycles. The topological polar surface area (TPSA) is 72.8 Å². The van der Waals surface area contributed by atoms with Crippen LogP contribution in [0.4, 0.5) is 0 Å². The van der Waals surface area contributed by atoms with Gasteiger partial charge in [-0.15, -0.1) is 0 Å². The average Bonchev–Trinajstić information content (AvgIpc) is 2.35. The summed E-state index contributed by atoms with van der Waals surface area (Å²) in [5.41, 5.74) is -0.520. The number of carbonyl (C=O) groups excluding carboxylic acids is 2. The molecule has 118 valence electrons. The summed E-state index contributed by atoms with van der Waals surface area (Å²) < 4.78 is 10.0. The molecule has 0 aliphatic rings. The third-order valence-corrected chi connectivity index (χ3v) is 3.31. The van der Waals surface area contributed by atoms with Crippen molar-refractivity contribution in [3.05, 3.63) is 0 Å². The number of ether oxygens (including phenoxy) is 2. The van der Waals surface area contributed by atoms with Crippen molar-refractivity contribution in [3.8, 4) is 0 Å². The summed E-state index contributed by atoms with van der Waals surface area (Å²) in [6, 6.07) is 0. The van der Waals surface area contributed by atoms with Gasteiger partial charge in [-0.2, -0.15) is 0 Å². The van der Waals surface area contributed by atoms with Crippen molar-refractivity contribution in [3.63, 3.8) is 0 Å². The van der Waals surface area contributed by atoms with Gasteiger partial charge < -0.3 is 14.6 Å². The van der Waals surface area contributed by atoms with E-state index in [1.165, 1.54) is 0 Å². The van der Waals surface area contributed by atoms with Crippen LogP contribution in [0.2, 0.25) is 0 Å². The molecular formula is C15H28O5. The molecule has 0 aromatic carbocycles. The van der Waals surface area contributed by atoms with Gasteiger partial charge in [0.05, 0.1) is 13.2 Å². The number of unbranched alkanes of at least 4 members (excludes halogenated alkanes) is 2. The van der Waals surface area contributed by atoms with Crippen LogP contribution in [-0.2, 0) is 19.1 Å². The molecule has 0 unspecified atom stereocenters. The Morgan fingerprint density at radius 3 is 1.90 bits per heavy atom. The highest BCUT2D eigenvalue weighted by Gasteiger charge is 2.42. The van der Waals surface area contributed by atoms with Crippen LogP contribution in [0.25, 0.3) is 0 Å². The molecule has 5 nitrogen and oxygen atoms in total. The van der Waals surface area contributed by atoms with E-state index in [4.69, 9.17) is 14.6 Å². The van der Waals surface area contributed by atoms with Gasteiger partial charge in [-0.25, -0.2) is 0 Å². The van der Waals surface area contributed by atoms with Gasteiger partial charge in [0.25, 0.3) is 0 Å². The van der Waals surface area contributed by atoms with E-state index in [0.717, 1.165) is 19.3 Å². The summed E-state index contributed by atoms with van der Waals surface area (Å²) in [7, 11) is 0. The van der Waals surface area contributed by atoms with Crippen molar-refractivity contribution in [1.82, 2.24) is 0 Å². The maximum atomic E-state index is 12.0. The Balaban J connectivity index is 4.79. The molecule has 0 amide bonds. The van der Waals surface area contributed by atoms with Gasteiger partial charge in [0.2, 0.25) is 0 Å². The molecule has 0 fully saturated rings. The van der Waals surface area contributed by atoms with Crippen LogP contribution < -0.4 is 0 Å². The summed E-state index contributed by atoms with van der Waals surface area (Å²) in [5.74, 6) is -1.92. The number of hydrogen-bond acceptors (Lipinski definition) is 5. The lowest BCUT2D eigenvalue weighted by Crippen LogP contribution is -2.39. The number of rotatable bonds is 10. The minimum absolute atomic E-state index is 0.166. The Morgan fingerprint density at radius 2 is 1.50 bits per heavy atom. The van der Waals surface area contributed by atoms with E-state index >= 15 is 0 Å². The van der Waals surface area contributed by atoms with Crippen LogP contribution in [0.3, 0.4) is 0 Å². The Morgan fingerprint density at radius 1 is 1.00 bits per heavy atom. The minimum atomic E-state index is -0.892. The van der Waals surface area contributed by atoms with Gasteiger partial charge >= 0.3 is 11.9 Å². The number of carbonyl (C=O) groups is 2. The zero-order chi connectivity index (χ0) is 15.6. The zero-order valence-corrected chi connectivity index (χ0v) is 13.1. The van der Waals surface area contributed by atoms with Gasteiger partial charge in [-0.05, 0) is 32.1 Å². The normalized spacial score (nSPS) is 11.5. The second kappa shape index (κ2) is 9.75. The standard InChI is InChI=1S/C15H28O5/c1-5-19-13(17)12(14(18)20-6-2)15(3,4)10-8-7-9-11-16/h12,16H,5-11H2,1-4H3. The number of aliphatic hydroxyl groups is 1. The maximum absolute atomic E-state index is 12.0. The average molecular weight is 288 g/mol. The molecule has 0 aliphatic heterocycles. The van der Waals surface area contributed by atoms with E-state index in [-0.39, 0.29) is 19.8 Å². The quantitative estimate of drug-likeness (QED) is 0.379. The van der Waals surface area contributed by atoms with Gasteiger partial charge in [-0.1, -0.05) is 26.7 Å². The molecule has 0 atom stereocenters. The molecule has 0 rings (SSSR count). The van der Waals surface area contributed by atoms with E-state index in [0.29, 0.717) is 6.42 Å². The summed E-state index contributed by atoms with van der Waals surface area (Å²) in [6.45, 7) is 7.85. The van der Waals surface area contributed by atoms with E-state index in [1.807, 2.05) is 13.8 Å². The monoisotopic (exact) mass is 288 g/mol. The largest absolute Gasteiger partial charge is 0.465 e. The number of hydrogen-bond donors (Lipinski definition) is 1. The number of aliphatic hydroxyl groups excluding tert-OH is 1. The van der Waals surface area contributed by atoms with E-state index in [2.05, 4.69) is 0 Å².